The Kier molecular flexibility index (Phi) is 40.4. The molecule has 4 atom stereocenters. The molecule has 0 bridgehead atoms. The average Bonchev–Trinajstić information content (AvgIpc) is 3.21. The van der Waals surface area contributed by atoms with Crippen LogP contribution >= 0.6 is 7.82 Å². The van der Waals surface area contributed by atoms with E-state index in [2.05, 4.69) is 85.2 Å². The molecule has 1 amide bonds. The number of hydrogen-bond acceptors (Lipinski definition) is 7. The van der Waals surface area contributed by atoms with Crippen LogP contribution in [0.4, 0.5) is 0 Å². The molecular formula is C51H93N2O7P. The summed E-state index contributed by atoms with van der Waals surface area (Å²) in [4.78, 5) is 25.4. The Bertz CT molecular complexity index is 1240. The maximum atomic E-state index is 12.9. The number of likely N-dealkylation sites (N-methyl/N-ethyl adjacent to an activating group) is 1. The first kappa shape index (κ1) is 58.9. The minimum absolute atomic E-state index is 0.0543. The van der Waals surface area contributed by atoms with Crippen molar-refractivity contribution < 1.29 is 38.0 Å². The van der Waals surface area contributed by atoms with Crippen LogP contribution in [0.1, 0.15) is 187 Å². The highest BCUT2D eigenvalue weighted by molar-refractivity contribution is 7.45. The number of carbonyl (C=O) groups excluding carboxylic acids is 1. The Labute approximate surface area is 375 Å². The predicted octanol–water partition coefficient (Wildman–Crippen LogP) is 12.3. The van der Waals surface area contributed by atoms with Crippen molar-refractivity contribution in [1.82, 2.24) is 5.32 Å². The van der Waals surface area contributed by atoms with Gasteiger partial charge in [0.2, 0.25) is 5.91 Å². The Balaban J connectivity index is 4.38. The van der Waals surface area contributed by atoms with Crippen LogP contribution in [0.5, 0.6) is 0 Å². The molecular weight excluding hydrogens is 784 g/mol. The van der Waals surface area contributed by atoms with Crippen LogP contribution in [0.2, 0.25) is 0 Å². The van der Waals surface area contributed by atoms with Crippen LogP contribution < -0.4 is 10.2 Å². The molecule has 0 aliphatic heterocycles. The van der Waals surface area contributed by atoms with Crippen molar-refractivity contribution in [2.45, 2.75) is 205 Å². The largest absolute Gasteiger partial charge is 0.756 e. The summed E-state index contributed by atoms with van der Waals surface area (Å²) in [6.45, 7) is 4.16. The number of aliphatic hydroxyl groups is 2. The van der Waals surface area contributed by atoms with Gasteiger partial charge >= 0.3 is 0 Å². The van der Waals surface area contributed by atoms with Crippen LogP contribution in [0.15, 0.2) is 72.9 Å². The molecule has 0 aromatic heterocycles. The van der Waals surface area contributed by atoms with Crippen molar-refractivity contribution >= 4 is 13.7 Å². The zero-order valence-electron chi connectivity index (χ0n) is 39.7. The van der Waals surface area contributed by atoms with Gasteiger partial charge in [-0.05, 0) is 96.8 Å². The Morgan fingerprint density at radius 2 is 1.07 bits per heavy atom. The van der Waals surface area contributed by atoms with Gasteiger partial charge in [0.1, 0.15) is 19.3 Å². The van der Waals surface area contributed by atoms with E-state index in [9.17, 15) is 24.5 Å². The number of hydrogen-bond donors (Lipinski definition) is 3. The minimum atomic E-state index is -4.68. The summed E-state index contributed by atoms with van der Waals surface area (Å²) in [5, 5.41) is 24.6. The minimum Gasteiger partial charge on any atom is -0.756 e. The summed E-state index contributed by atoms with van der Waals surface area (Å²) in [5.74, 6) is -0.303. The van der Waals surface area contributed by atoms with Gasteiger partial charge in [-0.3, -0.25) is 9.36 Å². The lowest BCUT2D eigenvalue weighted by Gasteiger charge is -2.31. The molecule has 0 heterocycles. The average molecular weight is 877 g/mol. The van der Waals surface area contributed by atoms with E-state index in [1.54, 1.807) is 0 Å². The molecule has 354 valence electrons. The molecule has 0 radical (unpaired) electrons. The fraction of sp³-hybridized carbons (Fsp3) is 0.745. The van der Waals surface area contributed by atoms with Gasteiger partial charge in [0.25, 0.3) is 7.82 Å². The van der Waals surface area contributed by atoms with Crippen LogP contribution in [-0.2, 0) is 18.4 Å². The number of aliphatic hydroxyl groups excluding tert-OH is 2. The smallest absolute Gasteiger partial charge is 0.268 e. The van der Waals surface area contributed by atoms with Gasteiger partial charge in [-0.1, -0.05) is 157 Å². The first-order chi connectivity index (χ1) is 29.4. The number of nitrogens with zero attached hydrogens (tertiary/aromatic N) is 1. The maximum absolute atomic E-state index is 12.9. The molecule has 0 aromatic rings. The lowest BCUT2D eigenvalue weighted by molar-refractivity contribution is -0.870. The van der Waals surface area contributed by atoms with E-state index < -0.39 is 32.7 Å². The first-order valence-electron chi connectivity index (χ1n) is 24.3. The van der Waals surface area contributed by atoms with Gasteiger partial charge in [-0.2, -0.15) is 0 Å². The molecule has 3 N–H and O–H groups in total. The molecule has 10 heteroatoms. The number of unbranched alkanes of at least 4 members (excludes halogenated alkanes) is 18. The molecule has 0 saturated carbocycles. The number of rotatable bonds is 43. The molecule has 0 saturated heterocycles. The highest BCUT2D eigenvalue weighted by atomic mass is 31.2. The van der Waals surface area contributed by atoms with Crippen molar-refractivity contribution in [2.75, 3.05) is 40.9 Å². The number of amides is 1. The summed E-state index contributed by atoms with van der Waals surface area (Å²) >= 11 is 0. The molecule has 0 aromatic carbocycles. The van der Waals surface area contributed by atoms with E-state index in [-0.39, 0.29) is 18.9 Å². The van der Waals surface area contributed by atoms with Gasteiger partial charge in [-0.25, -0.2) is 0 Å². The van der Waals surface area contributed by atoms with E-state index in [1.165, 1.54) is 77.0 Å². The van der Waals surface area contributed by atoms with Crippen molar-refractivity contribution in [3.63, 3.8) is 0 Å². The van der Waals surface area contributed by atoms with Crippen LogP contribution in [0.3, 0.4) is 0 Å². The summed E-state index contributed by atoms with van der Waals surface area (Å²) in [6.07, 6.45) is 52.5. The fourth-order valence-corrected chi connectivity index (χ4v) is 7.38. The molecule has 0 spiro atoms. The van der Waals surface area contributed by atoms with Crippen LogP contribution in [-0.4, -0.2) is 79.8 Å². The van der Waals surface area contributed by atoms with Gasteiger partial charge < -0.3 is 34.0 Å². The van der Waals surface area contributed by atoms with E-state index in [0.29, 0.717) is 30.3 Å². The van der Waals surface area contributed by atoms with E-state index in [0.717, 1.165) is 70.6 Å². The van der Waals surface area contributed by atoms with Crippen molar-refractivity contribution in [1.29, 1.82) is 0 Å². The van der Waals surface area contributed by atoms with Crippen molar-refractivity contribution in [3.05, 3.63) is 72.9 Å². The van der Waals surface area contributed by atoms with Crippen molar-refractivity contribution in [3.8, 4) is 0 Å². The molecule has 0 fully saturated rings. The van der Waals surface area contributed by atoms with Gasteiger partial charge in [-0.15, -0.1) is 0 Å². The Morgan fingerprint density at radius 1 is 0.623 bits per heavy atom. The summed E-state index contributed by atoms with van der Waals surface area (Å²) in [7, 11) is 1.08. The predicted molar refractivity (Wildman–Crippen MR) is 257 cm³/mol. The second-order valence-electron chi connectivity index (χ2n) is 17.6. The number of phosphoric ester groups is 1. The van der Waals surface area contributed by atoms with Crippen LogP contribution in [0, 0.1) is 0 Å². The first-order valence-corrected chi connectivity index (χ1v) is 25.8. The maximum Gasteiger partial charge on any atom is 0.268 e. The molecule has 61 heavy (non-hydrogen) atoms. The molecule has 0 aliphatic carbocycles. The highest BCUT2D eigenvalue weighted by Gasteiger charge is 2.29. The topological polar surface area (TPSA) is 128 Å². The highest BCUT2D eigenvalue weighted by Crippen LogP contribution is 2.38. The second-order valence-corrected chi connectivity index (χ2v) is 19.0. The quantitative estimate of drug-likeness (QED) is 0.0241. The van der Waals surface area contributed by atoms with E-state index >= 15 is 0 Å². The number of allylic oxidation sites excluding steroid dienone is 12. The second kappa shape index (κ2) is 41.9. The lowest BCUT2D eigenvalue weighted by Crippen LogP contribution is -2.51. The lowest BCUT2D eigenvalue weighted by atomic mass is 10.0. The number of nitrogens with one attached hydrogen (secondary N) is 1. The fourth-order valence-electron chi connectivity index (χ4n) is 6.65. The zero-order valence-corrected chi connectivity index (χ0v) is 40.6. The standard InChI is InChI=1S/C51H93N2O7P/c1-6-8-10-12-14-16-18-20-21-22-23-24-25-26-27-28-29-30-31-32-34-36-38-40-42-44-50(55)52-48(47-60-61(57,58)59-46-45-53(3,4)5)51(56)49(54)43-41-39-37-35-33-19-17-15-13-11-9-7-2/h7,9,15,17-18,20,22-23,25-26,35,37,48-49,51,54,56H,6,8,10-14,16,19,21,24,27-34,36,38-47H2,1-5H3,(H-,52,55,57,58)/b9-7+,17-15+,20-18-,23-22-,26-25-,37-35+. The molecule has 0 rings (SSSR count). The van der Waals surface area contributed by atoms with Gasteiger partial charge in [0, 0.05) is 6.42 Å². The number of quaternary nitrogens is 1. The van der Waals surface area contributed by atoms with Gasteiger partial charge in [0.05, 0.1) is 39.9 Å². The SMILES string of the molecule is C/C=C/CC/C=C/CC/C=C/CCCC(O)C(O)C(COP(=O)([O-])OCC[N+](C)(C)C)NC(=O)CCCCCCCCCCCC/C=C\C/C=C\C/C=C\CCCCCCC. The zero-order chi connectivity index (χ0) is 45.1. The van der Waals surface area contributed by atoms with E-state index in [1.807, 2.05) is 28.1 Å². The molecule has 4 unspecified atom stereocenters. The Hall–Kier alpha value is -2.10. The Morgan fingerprint density at radius 3 is 1.59 bits per heavy atom. The number of phosphoric acid groups is 1. The van der Waals surface area contributed by atoms with Gasteiger partial charge in [0.15, 0.2) is 0 Å². The summed E-state index contributed by atoms with van der Waals surface area (Å²) in [5.41, 5.74) is 0. The normalized spacial score (nSPS) is 15.3. The van der Waals surface area contributed by atoms with E-state index in [4.69, 9.17) is 9.05 Å². The molecule has 9 nitrogen and oxygen atoms in total. The number of carbonyl (C=O) groups is 1. The third-order valence-corrected chi connectivity index (χ3v) is 11.5. The van der Waals surface area contributed by atoms with Crippen LogP contribution in [0.25, 0.3) is 0 Å². The summed E-state index contributed by atoms with van der Waals surface area (Å²) in [6, 6.07) is -1.10. The third kappa shape index (κ3) is 43.0. The molecule has 0 aliphatic rings. The summed E-state index contributed by atoms with van der Waals surface area (Å²) < 4.78 is 23.1. The monoisotopic (exact) mass is 877 g/mol. The third-order valence-electron chi connectivity index (χ3n) is 10.6. The van der Waals surface area contributed by atoms with Crippen molar-refractivity contribution in [2.24, 2.45) is 0 Å².